The first-order valence-electron chi connectivity index (χ1n) is 5.87. The van der Waals surface area contributed by atoms with Gasteiger partial charge in [0.2, 0.25) is 0 Å². The second-order valence-electron chi connectivity index (χ2n) is 3.37. The van der Waals surface area contributed by atoms with Crippen LogP contribution >= 0.6 is 21.6 Å². The van der Waals surface area contributed by atoms with Gasteiger partial charge in [0, 0.05) is 11.5 Å². The standard InChI is InChI=1S/C7H14S2.C4H11N/c1-2-4-6-8-9-7-5-3-1;1-3-5-4-2/h1-7H2;5H,3-4H2,1-2H3. The third-order valence-corrected chi connectivity index (χ3v) is 4.62. The van der Waals surface area contributed by atoms with Crippen LogP contribution in [0, 0.1) is 0 Å². The lowest BCUT2D eigenvalue weighted by Crippen LogP contribution is -2.09. The molecule has 0 unspecified atom stereocenters. The van der Waals surface area contributed by atoms with E-state index in [0.29, 0.717) is 0 Å². The Morgan fingerprint density at radius 2 is 1.21 bits per heavy atom. The van der Waals surface area contributed by atoms with Crippen LogP contribution in [-0.2, 0) is 0 Å². The second kappa shape index (κ2) is 13.7. The van der Waals surface area contributed by atoms with E-state index in [4.69, 9.17) is 0 Å². The Morgan fingerprint density at radius 3 is 1.57 bits per heavy atom. The van der Waals surface area contributed by atoms with Gasteiger partial charge in [0.25, 0.3) is 0 Å². The zero-order chi connectivity index (χ0) is 10.5. The SMILES string of the molecule is C1CCCSSCCC1.CCNCC. The molecule has 1 fully saturated rings. The van der Waals surface area contributed by atoms with Gasteiger partial charge in [-0.25, -0.2) is 0 Å². The number of hydrogen-bond donors (Lipinski definition) is 1. The van der Waals surface area contributed by atoms with E-state index in [0.717, 1.165) is 13.1 Å². The third kappa shape index (κ3) is 12.7. The molecule has 0 aromatic carbocycles. The zero-order valence-electron chi connectivity index (χ0n) is 9.68. The molecule has 0 atom stereocenters. The summed E-state index contributed by atoms with van der Waals surface area (Å²) in [4.78, 5) is 0. The second-order valence-corrected chi connectivity index (χ2v) is 6.07. The summed E-state index contributed by atoms with van der Waals surface area (Å²) in [5.74, 6) is 2.76. The van der Waals surface area contributed by atoms with Gasteiger partial charge in [-0.1, -0.05) is 54.7 Å². The van der Waals surface area contributed by atoms with Gasteiger partial charge < -0.3 is 5.32 Å². The molecule has 1 nitrogen and oxygen atoms in total. The van der Waals surface area contributed by atoms with Crippen molar-refractivity contribution in [1.29, 1.82) is 0 Å². The van der Waals surface area contributed by atoms with Crippen molar-refractivity contribution in [3.05, 3.63) is 0 Å². The highest BCUT2D eigenvalue weighted by molar-refractivity contribution is 8.76. The van der Waals surface area contributed by atoms with E-state index >= 15 is 0 Å². The van der Waals surface area contributed by atoms with E-state index in [-0.39, 0.29) is 0 Å². The Kier molecular flexibility index (Phi) is 14.3. The number of hydrogen-bond acceptors (Lipinski definition) is 3. The first-order valence-corrected chi connectivity index (χ1v) is 8.35. The molecule has 14 heavy (non-hydrogen) atoms. The van der Waals surface area contributed by atoms with Crippen molar-refractivity contribution < 1.29 is 0 Å². The van der Waals surface area contributed by atoms with Crippen molar-refractivity contribution >= 4 is 21.6 Å². The average molecular weight is 235 g/mol. The molecule has 1 aliphatic heterocycles. The topological polar surface area (TPSA) is 12.0 Å². The number of nitrogens with one attached hydrogen (secondary N) is 1. The molecular formula is C11H25NS2. The van der Waals surface area contributed by atoms with Crippen LogP contribution in [0.3, 0.4) is 0 Å². The molecule has 3 heteroatoms. The van der Waals surface area contributed by atoms with Crippen molar-refractivity contribution in [1.82, 2.24) is 5.32 Å². The minimum Gasteiger partial charge on any atom is -0.317 e. The maximum Gasteiger partial charge on any atom is 0.00369 e. The smallest absolute Gasteiger partial charge is 0.00369 e. The van der Waals surface area contributed by atoms with E-state index in [2.05, 4.69) is 40.8 Å². The predicted octanol–water partition coefficient (Wildman–Crippen LogP) is 3.95. The Hall–Kier alpha value is 0.660. The van der Waals surface area contributed by atoms with Crippen molar-refractivity contribution in [2.24, 2.45) is 0 Å². The van der Waals surface area contributed by atoms with Crippen LogP contribution in [0.25, 0.3) is 0 Å². The molecule has 0 bridgehead atoms. The van der Waals surface area contributed by atoms with Gasteiger partial charge in [-0.15, -0.1) is 0 Å². The first kappa shape index (κ1) is 14.7. The maximum absolute atomic E-state index is 3.11. The fourth-order valence-corrected chi connectivity index (χ4v) is 3.51. The number of rotatable bonds is 2. The summed E-state index contributed by atoms with van der Waals surface area (Å²) in [5.41, 5.74) is 0. The molecule has 0 amide bonds. The van der Waals surface area contributed by atoms with E-state index in [1.807, 2.05) is 0 Å². The highest BCUT2D eigenvalue weighted by Gasteiger charge is 1.96. The van der Waals surface area contributed by atoms with Crippen LogP contribution in [-0.4, -0.2) is 24.6 Å². The largest absolute Gasteiger partial charge is 0.317 e. The van der Waals surface area contributed by atoms with Crippen molar-refractivity contribution in [3.63, 3.8) is 0 Å². The Morgan fingerprint density at radius 1 is 0.786 bits per heavy atom. The zero-order valence-corrected chi connectivity index (χ0v) is 11.3. The fraction of sp³-hybridized carbons (Fsp3) is 1.00. The average Bonchev–Trinajstić information content (AvgIpc) is 2.34. The summed E-state index contributed by atoms with van der Waals surface area (Å²) in [6.07, 6.45) is 7.29. The van der Waals surface area contributed by atoms with Crippen LogP contribution in [0.4, 0.5) is 0 Å². The van der Waals surface area contributed by atoms with E-state index in [1.165, 1.54) is 43.6 Å². The molecule has 0 spiro atoms. The third-order valence-electron chi connectivity index (χ3n) is 2.04. The van der Waals surface area contributed by atoms with Crippen LogP contribution in [0.1, 0.15) is 46.0 Å². The molecule has 0 saturated carbocycles. The molecule has 1 aliphatic rings. The van der Waals surface area contributed by atoms with Crippen LogP contribution in [0.5, 0.6) is 0 Å². The van der Waals surface area contributed by atoms with E-state index < -0.39 is 0 Å². The van der Waals surface area contributed by atoms with Crippen LogP contribution in [0.2, 0.25) is 0 Å². The van der Waals surface area contributed by atoms with Crippen LogP contribution in [0.15, 0.2) is 0 Å². The molecular weight excluding hydrogens is 210 g/mol. The summed E-state index contributed by atoms with van der Waals surface area (Å²) < 4.78 is 0. The minimum atomic E-state index is 1.09. The molecule has 0 aliphatic carbocycles. The van der Waals surface area contributed by atoms with Gasteiger partial charge >= 0.3 is 0 Å². The summed E-state index contributed by atoms with van der Waals surface area (Å²) in [6, 6.07) is 0. The molecule has 1 saturated heterocycles. The summed E-state index contributed by atoms with van der Waals surface area (Å²) in [7, 11) is 4.12. The monoisotopic (exact) mass is 235 g/mol. The Labute approximate surface area is 97.6 Å². The summed E-state index contributed by atoms with van der Waals surface area (Å²) in [5, 5.41) is 3.11. The van der Waals surface area contributed by atoms with E-state index in [9.17, 15) is 0 Å². The van der Waals surface area contributed by atoms with Crippen molar-refractivity contribution in [3.8, 4) is 0 Å². The molecule has 0 radical (unpaired) electrons. The molecule has 1 rings (SSSR count). The molecule has 1 N–H and O–H groups in total. The maximum atomic E-state index is 3.11. The minimum absolute atomic E-state index is 1.09. The lowest BCUT2D eigenvalue weighted by Gasteiger charge is -1.93. The molecule has 0 aromatic rings. The van der Waals surface area contributed by atoms with Gasteiger partial charge in [-0.3, -0.25) is 0 Å². The van der Waals surface area contributed by atoms with E-state index in [1.54, 1.807) is 0 Å². The van der Waals surface area contributed by atoms with Gasteiger partial charge in [-0.05, 0) is 25.9 Å². The van der Waals surface area contributed by atoms with Crippen molar-refractivity contribution in [2.45, 2.75) is 46.0 Å². The normalized spacial score (nSPS) is 18.4. The van der Waals surface area contributed by atoms with Gasteiger partial charge in [-0.2, -0.15) is 0 Å². The summed E-state index contributed by atoms with van der Waals surface area (Å²) >= 11 is 0. The van der Waals surface area contributed by atoms with Crippen molar-refractivity contribution in [2.75, 3.05) is 24.6 Å². The lowest BCUT2D eigenvalue weighted by molar-refractivity contribution is 0.665. The summed E-state index contributed by atoms with van der Waals surface area (Å²) in [6.45, 7) is 6.39. The highest BCUT2D eigenvalue weighted by Crippen LogP contribution is 2.26. The fourth-order valence-electron chi connectivity index (χ4n) is 1.22. The van der Waals surface area contributed by atoms with Gasteiger partial charge in [0.05, 0.1) is 0 Å². The van der Waals surface area contributed by atoms with Gasteiger partial charge in [0.15, 0.2) is 0 Å². The quantitative estimate of drug-likeness (QED) is 0.728. The highest BCUT2D eigenvalue weighted by atomic mass is 33.1. The van der Waals surface area contributed by atoms with Gasteiger partial charge in [0.1, 0.15) is 0 Å². The predicted molar refractivity (Wildman–Crippen MR) is 72.2 cm³/mol. The molecule has 0 aromatic heterocycles. The molecule has 1 heterocycles. The lowest BCUT2D eigenvalue weighted by atomic mass is 10.2. The first-order chi connectivity index (χ1) is 6.91. The Bertz CT molecular complexity index is 68.8. The van der Waals surface area contributed by atoms with Crippen LogP contribution < -0.4 is 5.32 Å². The molecule has 86 valence electrons. The Balaban J connectivity index is 0.000000292.